The van der Waals surface area contributed by atoms with E-state index in [4.69, 9.17) is 9.26 Å². The predicted molar refractivity (Wildman–Crippen MR) is 79.5 cm³/mol. The van der Waals surface area contributed by atoms with Crippen LogP contribution in [0.15, 0.2) is 4.52 Å². The zero-order valence-corrected chi connectivity index (χ0v) is 13.9. The van der Waals surface area contributed by atoms with E-state index in [1.54, 1.807) is 7.11 Å². The number of hydrogen-bond donors (Lipinski definition) is 1. The standard InChI is InChI=1S/C15H29N3O2/c1-8-16-11(10(2)3)9-12-17-14(18-20-12)13(19-7)15(4,5)6/h10-11,13,16H,8-9H2,1-7H3. The van der Waals surface area contributed by atoms with Gasteiger partial charge in [-0.3, -0.25) is 0 Å². The summed E-state index contributed by atoms with van der Waals surface area (Å²) in [6.45, 7) is 13.7. The summed E-state index contributed by atoms with van der Waals surface area (Å²) in [6.07, 6.45) is 0.593. The Labute approximate surface area is 122 Å². The summed E-state index contributed by atoms with van der Waals surface area (Å²) in [4.78, 5) is 4.51. The molecule has 1 heterocycles. The maximum Gasteiger partial charge on any atom is 0.228 e. The first kappa shape index (κ1) is 17.1. The van der Waals surface area contributed by atoms with Crippen LogP contribution in [-0.4, -0.2) is 29.8 Å². The van der Waals surface area contributed by atoms with Gasteiger partial charge in [0.1, 0.15) is 6.10 Å². The second kappa shape index (κ2) is 7.18. The minimum absolute atomic E-state index is 0.0605. The van der Waals surface area contributed by atoms with E-state index in [0.717, 1.165) is 13.0 Å². The van der Waals surface area contributed by atoms with Crippen molar-refractivity contribution in [3.05, 3.63) is 11.7 Å². The summed E-state index contributed by atoms with van der Waals surface area (Å²) in [5.41, 5.74) is -0.0605. The molecule has 0 spiro atoms. The molecule has 20 heavy (non-hydrogen) atoms. The number of hydrogen-bond acceptors (Lipinski definition) is 5. The molecule has 0 saturated heterocycles. The number of aromatic nitrogens is 2. The predicted octanol–water partition coefficient (Wildman–Crippen LogP) is 2.98. The molecule has 1 rings (SSSR count). The molecule has 0 aliphatic carbocycles. The average molecular weight is 283 g/mol. The third-order valence-electron chi connectivity index (χ3n) is 3.41. The summed E-state index contributed by atoms with van der Waals surface area (Å²) in [6, 6.07) is 0.351. The van der Waals surface area contributed by atoms with Gasteiger partial charge >= 0.3 is 0 Å². The molecule has 0 radical (unpaired) electrons. The van der Waals surface area contributed by atoms with Gasteiger partial charge in [0.2, 0.25) is 11.7 Å². The van der Waals surface area contributed by atoms with E-state index in [1.807, 2.05) is 0 Å². The maximum absolute atomic E-state index is 5.51. The topological polar surface area (TPSA) is 60.2 Å². The Balaban J connectivity index is 2.81. The van der Waals surface area contributed by atoms with Crippen molar-refractivity contribution in [1.82, 2.24) is 15.5 Å². The first-order valence-corrected chi connectivity index (χ1v) is 7.38. The zero-order chi connectivity index (χ0) is 15.3. The first-order valence-electron chi connectivity index (χ1n) is 7.38. The first-order chi connectivity index (χ1) is 9.29. The Morgan fingerprint density at radius 2 is 1.95 bits per heavy atom. The van der Waals surface area contributed by atoms with Crippen LogP contribution in [-0.2, 0) is 11.2 Å². The van der Waals surface area contributed by atoms with Crippen LogP contribution in [0.5, 0.6) is 0 Å². The lowest BCUT2D eigenvalue weighted by molar-refractivity contribution is 0.00718. The van der Waals surface area contributed by atoms with Crippen molar-refractivity contribution in [2.24, 2.45) is 11.3 Å². The molecular weight excluding hydrogens is 254 g/mol. The molecule has 116 valence electrons. The lowest BCUT2D eigenvalue weighted by Gasteiger charge is -2.26. The third kappa shape index (κ3) is 4.56. The third-order valence-corrected chi connectivity index (χ3v) is 3.41. The largest absolute Gasteiger partial charge is 0.373 e. The molecule has 0 aliphatic rings. The van der Waals surface area contributed by atoms with Crippen molar-refractivity contribution in [1.29, 1.82) is 0 Å². The van der Waals surface area contributed by atoms with Crippen molar-refractivity contribution >= 4 is 0 Å². The Kier molecular flexibility index (Phi) is 6.14. The highest BCUT2D eigenvalue weighted by Crippen LogP contribution is 2.33. The number of rotatable bonds is 7. The number of methoxy groups -OCH3 is 1. The van der Waals surface area contributed by atoms with Gasteiger partial charge in [-0.15, -0.1) is 0 Å². The van der Waals surface area contributed by atoms with E-state index in [1.165, 1.54) is 0 Å². The minimum Gasteiger partial charge on any atom is -0.373 e. The van der Waals surface area contributed by atoms with E-state index < -0.39 is 0 Å². The van der Waals surface area contributed by atoms with Crippen LogP contribution >= 0.6 is 0 Å². The van der Waals surface area contributed by atoms with Crippen LogP contribution in [0.2, 0.25) is 0 Å². The van der Waals surface area contributed by atoms with Crippen LogP contribution in [0.25, 0.3) is 0 Å². The second-order valence-corrected chi connectivity index (χ2v) is 6.64. The van der Waals surface area contributed by atoms with Gasteiger partial charge in [-0.2, -0.15) is 4.98 Å². The highest BCUT2D eigenvalue weighted by Gasteiger charge is 2.31. The Morgan fingerprint density at radius 3 is 2.40 bits per heavy atom. The summed E-state index contributed by atoms with van der Waals surface area (Å²) < 4.78 is 10.9. The molecule has 0 aromatic carbocycles. The molecule has 0 amide bonds. The van der Waals surface area contributed by atoms with Gasteiger partial charge in [-0.1, -0.05) is 46.7 Å². The molecule has 0 aliphatic heterocycles. The van der Waals surface area contributed by atoms with Gasteiger partial charge in [-0.05, 0) is 17.9 Å². The van der Waals surface area contributed by atoms with Gasteiger partial charge in [0.25, 0.3) is 0 Å². The quantitative estimate of drug-likeness (QED) is 0.833. The van der Waals surface area contributed by atoms with E-state index in [0.29, 0.717) is 23.7 Å². The van der Waals surface area contributed by atoms with Crippen LogP contribution in [0.4, 0.5) is 0 Å². The monoisotopic (exact) mass is 283 g/mol. The number of nitrogens with one attached hydrogen (secondary N) is 1. The fraction of sp³-hybridized carbons (Fsp3) is 0.867. The lowest BCUT2D eigenvalue weighted by atomic mass is 9.88. The summed E-state index contributed by atoms with van der Waals surface area (Å²) in [5.74, 6) is 1.83. The van der Waals surface area contributed by atoms with Gasteiger partial charge in [0, 0.05) is 19.6 Å². The summed E-state index contributed by atoms with van der Waals surface area (Å²) in [5, 5.41) is 7.54. The number of ether oxygens (including phenoxy) is 1. The molecule has 5 nitrogen and oxygen atoms in total. The minimum atomic E-state index is -0.156. The SMILES string of the molecule is CCNC(Cc1nc(C(OC)C(C)(C)C)no1)C(C)C. The van der Waals surface area contributed by atoms with E-state index in [2.05, 4.69) is 57.0 Å². The van der Waals surface area contributed by atoms with Crippen LogP contribution in [0.3, 0.4) is 0 Å². The van der Waals surface area contributed by atoms with Crippen LogP contribution < -0.4 is 5.32 Å². The molecule has 0 bridgehead atoms. The van der Waals surface area contributed by atoms with Crippen molar-refractivity contribution in [2.45, 2.75) is 60.1 Å². The molecule has 2 unspecified atom stereocenters. The summed E-state index contributed by atoms with van der Waals surface area (Å²) >= 11 is 0. The molecule has 1 N–H and O–H groups in total. The Bertz CT molecular complexity index is 396. The molecule has 1 aromatic rings. The van der Waals surface area contributed by atoms with Gasteiger partial charge in [0.15, 0.2) is 0 Å². The smallest absolute Gasteiger partial charge is 0.228 e. The fourth-order valence-corrected chi connectivity index (χ4v) is 2.30. The molecule has 0 saturated carbocycles. The lowest BCUT2D eigenvalue weighted by Crippen LogP contribution is -2.35. The molecule has 0 fully saturated rings. The van der Waals surface area contributed by atoms with Gasteiger partial charge < -0.3 is 14.6 Å². The van der Waals surface area contributed by atoms with Crippen molar-refractivity contribution in [2.75, 3.05) is 13.7 Å². The van der Waals surface area contributed by atoms with E-state index >= 15 is 0 Å². The maximum atomic E-state index is 5.51. The molecule has 5 heteroatoms. The Hall–Kier alpha value is -0.940. The number of nitrogens with zero attached hydrogens (tertiary/aromatic N) is 2. The average Bonchev–Trinajstić information content (AvgIpc) is 2.75. The van der Waals surface area contributed by atoms with Gasteiger partial charge in [-0.25, -0.2) is 0 Å². The van der Waals surface area contributed by atoms with Gasteiger partial charge in [0.05, 0.1) is 0 Å². The van der Waals surface area contributed by atoms with Crippen LogP contribution in [0, 0.1) is 11.3 Å². The number of likely N-dealkylation sites (N-methyl/N-ethyl adjacent to an activating group) is 1. The molecular formula is C15H29N3O2. The molecule has 1 aromatic heterocycles. The Morgan fingerprint density at radius 1 is 1.30 bits per heavy atom. The van der Waals surface area contributed by atoms with Crippen LogP contribution in [0.1, 0.15) is 59.4 Å². The van der Waals surface area contributed by atoms with Crippen molar-refractivity contribution in [3.63, 3.8) is 0 Å². The fourth-order valence-electron chi connectivity index (χ4n) is 2.30. The van der Waals surface area contributed by atoms with Crippen molar-refractivity contribution in [3.8, 4) is 0 Å². The second-order valence-electron chi connectivity index (χ2n) is 6.64. The normalized spacial score (nSPS) is 15.6. The molecule has 2 atom stereocenters. The highest BCUT2D eigenvalue weighted by molar-refractivity contribution is 4.97. The zero-order valence-electron chi connectivity index (χ0n) is 13.9. The van der Waals surface area contributed by atoms with E-state index in [-0.39, 0.29) is 11.5 Å². The summed E-state index contributed by atoms with van der Waals surface area (Å²) in [7, 11) is 1.68. The van der Waals surface area contributed by atoms with Crippen molar-refractivity contribution < 1.29 is 9.26 Å². The van der Waals surface area contributed by atoms with E-state index in [9.17, 15) is 0 Å². The highest BCUT2D eigenvalue weighted by atomic mass is 16.5.